The molecule has 5 heteroatoms. The van der Waals surface area contributed by atoms with Crippen molar-refractivity contribution in [3.63, 3.8) is 0 Å². The minimum Gasteiger partial charge on any atom is -0.497 e. The van der Waals surface area contributed by atoms with Gasteiger partial charge in [-0.1, -0.05) is 30.3 Å². The van der Waals surface area contributed by atoms with E-state index >= 15 is 0 Å². The van der Waals surface area contributed by atoms with E-state index in [-0.39, 0.29) is 12.5 Å². The molecule has 0 aliphatic carbocycles. The Kier molecular flexibility index (Phi) is 7.33. The summed E-state index contributed by atoms with van der Waals surface area (Å²) in [6, 6.07) is 17.5. The highest BCUT2D eigenvalue weighted by atomic mass is 32.2. The number of thioether (sulfide) groups is 1. The Bertz CT molecular complexity index is 587. The normalized spacial score (nSPS) is 10.1. The van der Waals surface area contributed by atoms with Crippen molar-refractivity contribution in [1.29, 1.82) is 0 Å². The van der Waals surface area contributed by atoms with Gasteiger partial charge in [-0.2, -0.15) is 11.8 Å². The first-order chi connectivity index (χ1) is 11.3. The van der Waals surface area contributed by atoms with Crippen LogP contribution in [0.1, 0.15) is 5.56 Å². The summed E-state index contributed by atoms with van der Waals surface area (Å²) in [7, 11) is 1.61. The van der Waals surface area contributed by atoms with Gasteiger partial charge in [0, 0.05) is 18.1 Å². The summed E-state index contributed by atoms with van der Waals surface area (Å²) in [5, 5.41) is 2.85. The van der Waals surface area contributed by atoms with Crippen LogP contribution in [-0.4, -0.2) is 31.9 Å². The van der Waals surface area contributed by atoms with E-state index in [0.29, 0.717) is 12.3 Å². The van der Waals surface area contributed by atoms with E-state index in [2.05, 4.69) is 17.4 Å². The lowest BCUT2D eigenvalue weighted by Crippen LogP contribution is -2.30. The lowest BCUT2D eigenvalue weighted by atomic mass is 10.2. The molecule has 0 saturated heterocycles. The summed E-state index contributed by atoms with van der Waals surface area (Å²) in [6.45, 7) is 0.665. The van der Waals surface area contributed by atoms with Crippen LogP contribution in [0.3, 0.4) is 0 Å². The number of methoxy groups -OCH3 is 1. The molecule has 0 fully saturated rings. The van der Waals surface area contributed by atoms with Crippen molar-refractivity contribution in [1.82, 2.24) is 5.32 Å². The Morgan fingerprint density at radius 3 is 2.43 bits per heavy atom. The number of benzene rings is 2. The Hall–Kier alpha value is -2.14. The third-order valence-electron chi connectivity index (χ3n) is 3.11. The number of carbonyl (C=O) groups is 1. The van der Waals surface area contributed by atoms with Crippen LogP contribution in [0.25, 0.3) is 0 Å². The average Bonchev–Trinajstić information content (AvgIpc) is 2.61. The fourth-order valence-corrected chi connectivity index (χ4v) is 2.72. The van der Waals surface area contributed by atoms with Gasteiger partial charge in [-0.25, -0.2) is 0 Å². The highest BCUT2D eigenvalue weighted by molar-refractivity contribution is 7.98. The lowest BCUT2D eigenvalue weighted by Gasteiger charge is -2.08. The Morgan fingerprint density at radius 2 is 1.74 bits per heavy atom. The molecule has 0 bridgehead atoms. The molecule has 23 heavy (non-hydrogen) atoms. The summed E-state index contributed by atoms with van der Waals surface area (Å²) in [4.78, 5) is 11.7. The molecule has 0 aliphatic rings. The molecule has 1 N–H and O–H groups in total. The van der Waals surface area contributed by atoms with Crippen LogP contribution < -0.4 is 14.8 Å². The summed E-state index contributed by atoms with van der Waals surface area (Å²) in [6.07, 6.45) is 0. The van der Waals surface area contributed by atoms with Crippen molar-refractivity contribution in [2.75, 3.05) is 26.0 Å². The topological polar surface area (TPSA) is 47.6 Å². The van der Waals surface area contributed by atoms with Crippen molar-refractivity contribution in [2.45, 2.75) is 5.75 Å². The third kappa shape index (κ3) is 6.65. The van der Waals surface area contributed by atoms with E-state index < -0.39 is 0 Å². The fraction of sp³-hybridized carbons (Fsp3) is 0.278. The maximum Gasteiger partial charge on any atom is 0.257 e. The molecule has 0 atom stereocenters. The molecule has 0 aromatic heterocycles. The molecule has 2 aromatic rings. The van der Waals surface area contributed by atoms with Crippen molar-refractivity contribution < 1.29 is 14.3 Å². The first-order valence-corrected chi connectivity index (χ1v) is 8.58. The zero-order chi connectivity index (χ0) is 16.3. The molecule has 2 aromatic carbocycles. The summed E-state index contributed by atoms with van der Waals surface area (Å²) in [5.74, 6) is 3.14. The molecule has 2 rings (SSSR count). The molecule has 0 spiro atoms. The second kappa shape index (κ2) is 9.79. The lowest BCUT2D eigenvalue weighted by molar-refractivity contribution is -0.122. The highest BCUT2D eigenvalue weighted by Gasteiger charge is 2.02. The molecule has 0 heterocycles. The SMILES string of the molecule is COc1ccc(OCC(=O)NCCSCc2ccccc2)cc1. The predicted molar refractivity (Wildman–Crippen MR) is 94.1 cm³/mol. The maximum atomic E-state index is 11.7. The molecule has 1 amide bonds. The van der Waals surface area contributed by atoms with Gasteiger partial charge < -0.3 is 14.8 Å². The number of ether oxygens (including phenoxy) is 2. The smallest absolute Gasteiger partial charge is 0.257 e. The van der Waals surface area contributed by atoms with Crippen molar-refractivity contribution >= 4 is 17.7 Å². The molecule has 0 saturated carbocycles. The first-order valence-electron chi connectivity index (χ1n) is 7.43. The van der Waals surface area contributed by atoms with Gasteiger partial charge in [0.1, 0.15) is 11.5 Å². The van der Waals surface area contributed by atoms with Gasteiger partial charge in [0.25, 0.3) is 5.91 Å². The van der Waals surface area contributed by atoms with E-state index in [1.54, 1.807) is 43.1 Å². The summed E-state index contributed by atoms with van der Waals surface area (Å²) < 4.78 is 10.5. The van der Waals surface area contributed by atoms with Gasteiger partial charge in [-0.05, 0) is 29.8 Å². The molecule has 122 valence electrons. The standard InChI is InChI=1S/C18H21NO3S/c1-21-16-7-9-17(10-8-16)22-13-18(20)19-11-12-23-14-15-5-3-2-4-6-15/h2-10H,11-14H2,1H3,(H,19,20). The molecule has 4 nitrogen and oxygen atoms in total. The van der Waals surface area contributed by atoms with Crippen LogP contribution >= 0.6 is 11.8 Å². The average molecular weight is 331 g/mol. The van der Waals surface area contributed by atoms with E-state index in [1.165, 1.54) is 5.56 Å². The zero-order valence-corrected chi connectivity index (χ0v) is 14.0. The van der Waals surface area contributed by atoms with Crippen LogP contribution in [0, 0.1) is 0 Å². The fourth-order valence-electron chi connectivity index (χ4n) is 1.90. The zero-order valence-electron chi connectivity index (χ0n) is 13.2. The van der Waals surface area contributed by atoms with Gasteiger partial charge in [-0.15, -0.1) is 0 Å². The number of hydrogen-bond donors (Lipinski definition) is 1. The minimum atomic E-state index is -0.110. The molecular formula is C18H21NO3S. The van der Waals surface area contributed by atoms with E-state index in [0.717, 1.165) is 17.3 Å². The van der Waals surface area contributed by atoms with E-state index in [9.17, 15) is 4.79 Å². The van der Waals surface area contributed by atoms with Crippen LogP contribution in [0.4, 0.5) is 0 Å². The maximum absolute atomic E-state index is 11.7. The summed E-state index contributed by atoms with van der Waals surface area (Å²) >= 11 is 1.80. The highest BCUT2D eigenvalue weighted by Crippen LogP contribution is 2.16. The van der Waals surface area contributed by atoms with Crippen LogP contribution in [-0.2, 0) is 10.5 Å². The number of carbonyl (C=O) groups excluding carboxylic acids is 1. The van der Waals surface area contributed by atoms with E-state index in [4.69, 9.17) is 9.47 Å². The van der Waals surface area contributed by atoms with Crippen LogP contribution in [0.15, 0.2) is 54.6 Å². The quantitative estimate of drug-likeness (QED) is 0.717. The van der Waals surface area contributed by atoms with Crippen molar-refractivity contribution in [2.24, 2.45) is 0 Å². The van der Waals surface area contributed by atoms with Crippen LogP contribution in [0.5, 0.6) is 11.5 Å². The van der Waals surface area contributed by atoms with Gasteiger partial charge in [0.15, 0.2) is 6.61 Å². The van der Waals surface area contributed by atoms with Crippen molar-refractivity contribution in [3.05, 3.63) is 60.2 Å². The second-order valence-electron chi connectivity index (χ2n) is 4.85. The van der Waals surface area contributed by atoms with Gasteiger partial charge in [-0.3, -0.25) is 4.79 Å². The molecule has 0 radical (unpaired) electrons. The Balaban J connectivity index is 1.56. The van der Waals surface area contributed by atoms with Gasteiger partial charge in [0.2, 0.25) is 0 Å². The van der Waals surface area contributed by atoms with Crippen molar-refractivity contribution in [3.8, 4) is 11.5 Å². The van der Waals surface area contributed by atoms with Crippen LogP contribution in [0.2, 0.25) is 0 Å². The predicted octanol–water partition coefficient (Wildman–Crippen LogP) is 3.12. The Morgan fingerprint density at radius 1 is 1.04 bits per heavy atom. The Labute approximate surface area is 141 Å². The van der Waals surface area contributed by atoms with E-state index in [1.807, 2.05) is 18.2 Å². The monoisotopic (exact) mass is 331 g/mol. The summed E-state index contributed by atoms with van der Waals surface area (Å²) in [5.41, 5.74) is 1.30. The molecule has 0 aliphatic heterocycles. The number of hydrogen-bond acceptors (Lipinski definition) is 4. The largest absolute Gasteiger partial charge is 0.497 e. The van der Waals surface area contributed by atoms with Gasteiger partial charge in [0.05, 0.1) is 7.11 Å². The second-order valence-corrected chi connectivity index (χ2v) is 5.96. The molecule has 0 unspecified atom stereocenters. The number of nitrogens with one attached hydrogen (secondary N) is 1. The number of amides is 1. The van der Waals surface area contributed by atoms with Gasteiger partial charge >= 0.3 is 0 Å². The first kappa shape index (κ1) is 17.2. The minimum absolute atomic E-state index is 0.0235. The number of rotatable bonds is 9. The third-order valence-corrected chi connectivity index (χ3v) is 4.14. The molecular weight excluding hydrogens is 310 g/mol.